The van der Waals surface area contributed by atoms with Crippen molar-refractivity contribution in [3.05, 3.63) is 68.9 Å². The number of hydrogen-bond donors (Lipinski definition) is 4. The van der Waals surface area contributed by atoms with Crippen LogP contribution in [0.3, 0.4) is 0 Å². The van der Waals surface area contributed by atoms with E-state index >= 15 is 0 Å². The number of aryl methyl sites for hydroxylation is 2. The van der Waals surface area contributed by atoms with E-state index in [0.717, 1.165) is 16.7 Å². The molecule has 0 saturated carbocycles. The van der Waals surface area contributed by atoms with Crippen molar-refractivity contribution in [1.82, 2.24) is 15.5 Å². The van der Waals surface area contributed by atoms with Gasteiger partial charge in [-0.05, 0) is 0 Å². The molecule has 0 bridgehead atoms. The molecule has 1 aliphatic heterocycles. The Labute approximate surface area is 231 Å². The van der Waals surface area contributed by atoms with Crippen molar-refractivity contribution >= 4 is 43.1 Å². The average molecular weight is 654 g/mol. The quantitative estimate of drug-likeness (QED) is 0.137. The summed E-state index contributed by atoms with van der Waals surface area (Å²) in [5, 5.41) is 15.5. The Hall–Kier alpha value is -3.55. The molecule has 0 aliphatic carbocycles. The number of carbonyl (C=O) groups excluding carboxylic acids is 1. The number of methoxy groups -OCH3 is 1. The van der Waals surface area contributed by atoms with E-state index in [2.05, 4.69) is 31.1 Å². The van der Waals surface area contributed by atoms with Gasteiger partial charge in [-0.3, -0.25) is 0 Å². The maximum atomic E-state index is 14.0. The number of rotatable bonds is 7. The molecule has 1 unspecified atom stereocenters. The van der Waals surface area contributed by atoms with Gasteiger partial charge >= 0.3 is 225 Å². The molecule has 2 aromatic carbocycles. The molecule has 1 amide bonds. The van der Waals surface area contributed by atoms with Gasteiger partial charge in [0.1, 0.15) is 0 Å². The number of hydrogen-bond acceptors (Lipinski definition) is 6. The fraction of sp³-hybridized carbons (Fsp3) is 0.296. The first kappa shape index (κ1) is 28.5. The van der Waals surface area contributed by atoms with Crippen molar-refractivity contribution in [3.8, 4) is 16.9 Å². The number of amidine groups is 1. The zero-order valence-corrected chi connectivity index (χ0v) is 24.3. The van der Waals surface area contributed by atoms with Gasteiger partial charge in [-0.25, -0.2) is 0 Å². The Morgan fingerprint density at radius 3 is 2.44 bits per heavy atom. The molecular formula is C27H30F3IN6O2. The third-order valence-corrected chi connectivity index (χ3v) is 11.4. The fourth-order valence-electron chi connectivity index (χ4n) is 4.08. The molecule has 1 aliphatic rings. The van der Waals surface area contributed by atoms with Gasteiger partial charge in [0, 0.05) is 7.05 Å². The van der Waals surface area contributed by atoms with Crippen LogP contribution < -0.4 is 20.7 Å². The summed E-state index contributed by atoms with van der Waals surface area (Å²) in [5.41, 5.74) is 3.90. The molecule has 4 N–H and O–H groups in total. The number of nitrogens with one attached hydrogen (secondary N) is 4. The van der Waals surface area contributed by atoms with Crippen LogP contribution in [0, 0.1) is 13.8 Å². The topological polar surface area (TPSA) is 103 Å². The number of amides is 1. The summed E-state index contributed by atoms with van der Waals surface area (Å²) in [6, 6.07) is 12.6. The number of aliphatic imine (C=N–C) groups is 1. The molecule has 8 nitrogen and oxygen atoms in total. The molecule has 0 spiro atoms. The van der Waals surface area contributed by atoms with Crippen molar-refractivity contribution in [2.24, 2.45) is 4.99 Å². The van der Waals surface area contributed by atoms with Gasteiger partial charge in [0.2, 0.25) is 0 Å². The number of H-pyrrole nitrogens is 1. The predicted molar refractivity (Wildman–Crippen MR) is 157 cm³/mol. The molecular weight excluding hydrogens is 624 g/mol. The average Bonchev–Trinajstić information content (AvgIpc) is 3.32. The number of benzene rings is 2. The second kappa shape index (κ2) is 11.7. The van der Waals surface area contributed by atoms with E-state index in [4.69, 9.17) is 4.74 Å². The Morgan fingerprint density at radius 2 is 1.87 bits per heavy atom. The van der Waals surface area contributed by atoms with Crippen molar-refractivity contribution in [1.29, 1.82) is 0 Å². The monoisotopic (exact) mass is 654 g/mol. The second-order valence-corrected chi connectivity index (χ2v) is 14.6. The first-order chi connectivity index (χ1) is 18.5. The van der Waals surface area contributed by atoms with E-state index in [-0.39, 0.29) is 17.6 Å². The molecule has 208 valence electrons. The molecule has 1 atom stereocenters. The van der Waals surface area contributed by atoms with Crippen LogP contribution in [0.25, 0.3) is 11.1 Å². The number of carbonyl (C=O) groups is 1. The zero-order chi connectivity index (χ0) is 28.3. The Bertz CT molecular complexity index is 1420. The Kier molecular flexibility index (Phi) is 8.52. The summed E-state index contributed by atoms with van der Waals surface area (Å²) in [4.78, 5) is 16.4. The van der Waals surface area contributed by atoms with Crippen LogP contribution in [-0.4, -0.2) is 50.9 Å². The van der Waals surface area contributed by atoms with Gasteiger partial charge in [-0.15, -0.1) is 0 Å². The van der Waals surface area contributed by atoms with E-state index in [9.17, 15) is 18.0 Å². The number of ether oxygens (including phenoxy) is 1. The van der Waals surface area contributed by atoms with Crippen molar-refractivity contribution in [3.63, 3.8) is 0 Å². The fourth-order valence-corrected chi connectivity index (χ4v) is 8.51. The number of nitrogens with zero attached hydrogens (tertiary/aromatic N) is 2. The summed E-state index contributed by atoms with van der Waals surface area (Å²) < 4.78 is 49.0. The first-order valence-corrected chi connectivity index (χ1v) is 16.1. The first-order valence-electron chi connectivity index (χ1n) is 12.1. The SMILES string of the molecule is CCI1C=C(C(F)(F)F)C(Nc2cc(C)[nH]n2)=NC1Nc1cc(C)c(-c2ccc(C(=O)NC)cc2)cc1OC. The Morgan fingerprint density at radius 1 is 1.15 bits per heavy atom. The van der Waals surface area contributed by atoms with Gasteiger partial charge < -0.3 is 0 Å². The van der Waals surface area contributed by atoms with Crippen molar-refractivity contribution in [2.45, 2.75) is 31.1 Å². The van der Waals surface area contributed by atoms with E-state index in [1.165, 1.54) is 4.08 Å². The third-order valence-electron chi connectivity index (χ3n) is 6.08. The van der Waals surface area contributed by atoms with Crippen LogP contribution >= 0.6 is 19.8 Å². The summed E-state index contributed by atoms with van der Waals surface area (Å²) >= 11 is -2.38. The van der Waals surface area contributed by atoms with Gasteiger partial charge in [0.15, 0.2) is 0 Å². The van der Waals surface area contributed by atoms with E-state index < -0.39 is 35.7 Å². The van der Waals surface area contributed by atoms with E-state index in [0.29, 0.717) is 27.1 Å². The van der Waals surface area contributed by atoms with Gasteiger partial charge in [0.25, 0.3) is 0 Å². The van der Waals surface area contributed by atoms with Crippen LogP contribution in [-0.2, 0) is 0 Å². The molecule has 0 fully saturated rings. The number of anilines is 2. The number of aromatic nitrogens is 2. The minimum atomic E-state index is -4.55. The second-order valence-electron chi connectivity index (χ2n) is 8.77. The van der Waals surface area contributed by atoms with Crippen LogP contribution in [0.2, 0.25) is 0 Å². The maximum absolute atomic E-state index is 14.0. The van der Waals surface area contributed by atoms with Crippen LogP contribution in [0.15, 0.2) is 57.1 Å². The van der Waals surface area contributed by atoms with Crippen LogP contribution in [0.5, 0.6) is 5.75 Å². The summed E-state index contributed by atoms with van der Waals surface area (Å²) in [6.45, 7) is 5.60. The molecule has 1 aromatic heterocycles. The summed E-state index contributed by atoms with van der Waals surface area (Å²) in [7, 11) is 3.12. The molecule has 0 saturated heterocycles. The standard InChI is InChI=1S/C27H30F3IN6O2/c1-6-31-14-20(27(28,29)30)24(34-23-12-16(3)36-37-23)35-26(31)33-21-11-15(2)19(13-22(21)39-5)17-7-9-18(10-8-17)25(38)32-4/h7-14,26,33H,6H2,1-5H3,(H,32,38)(H2,34,35,36,37). The number of alkyl halides is 5. The van der Waals surface area contributed by atoms with E-state index in [1.54, 1.807) is 39.3 Å². The van der Waals surface area contributed by atoms with Gasteiger partial charge in [-0.1, -0.05) is 0 Å². The van der Waals surface area contributed by atoms with E-state index in [1.807, 2.05) is 38.1 Å². The molecule has 3 aromatic rings. The molecule has 2 heterocycles. The normalized spacial score (nSPS) is 16.3. The van der Waals surface area contributed by atoms with Gasteiger partial charge in [-0.2, -0.15) is 0 Å². The number of halogens is 4. The molecule has 0 radical (unpaired) electrons. The van der Waals surface area contributed by atoms with Crippen LogP contribution in [0.4, 0.5) is 24.7 Å². The molecule has 12 heteroatoms. The minimum absolute atomic E-state index is 0.169. The van der Waals surface area contributed by atoms with Gasteiger partial charge in [0.05, 0.1) is 0 Å². The summed E-state index contributed by atoms with van der Waals surface area (Å²) in [5.74, 6) is 0.366. The van der Waals surface area contributed by atoms with Crippen molar-refractivity contribution < 1.29 is 22.7 Å². The Balaban J connectivity index is 1.67. The third kappa shape index (κ3) is 6.37. The zero-order valence-electron chi connectivity index (χ0n) is 22.1. The molecule has 39 heavy (non-hydrogen) atoms. The number of aromatic amines is 1. The van der Waals surface area contributed by atoms with Crippen molar-refractivity contribution in [2.75, 3.05) is 29.2 Å². The van der Waals surface area contributed by atoms with Crippen LogP contribution in [0.1, 0.15) is 28.5 Å². The summed E-state index contributed by atoms with van der Waals surface area (Å²) in [6.07, 6.45) is -4.55. The molecule has 4 rings (SSSR count). The predicted octanol–water partition coefficient (Wildman–Crippen LogP) is 6.25.